The third-order valence-corrected chi connectivity index (χ3v) is 5.98. The summed E-state index contributed by atoms with van der Waals surface area (Å²) in [7, 11) is 0.436. The van der Waals surface area contributed by atoms with Gasteiger partial charge in [0, 0.05) is 27.3 Å². The molecule has 1 aromatic heterocycles. The average molecular weight is 397 g/mol. The summed E-state index contributed by atoms with van der Waals surface area (Å²) in [5, 5.41) is 12.0. The first-order valence-electron chi connectivity index (χ1n) is 7.80. The lowest BCUT2D eigenvalue weighted by molar-refractivity contribution is -0.144. The van der Waals surface area contributed by atoms with Gasteiger partial charge in [0.15, 0.2) is 5.54 Å². The van der Waals surface area contributed by atoms with Crippen LogP contribution < -0.4 is 5.32 Å². The highest BCUT2D eigenvalue weighted by Gasteiger charge is 2.38. The van der Waals surface area contributed by atoms with Crippen LogP contribution in [-0.2, 0) is 27.4 Å². The zero-order chi connectivity index (χ0) is 20.6. The molecule has 0 spiro atoms. The number of aromatic nitrogens is 1. The molecule has 0 bridgehead atoms. The van der Waals surface area contributed by atoms with Crippen LogP contribution in [0.4, 0.5) is 4.39 Å². The Morgan fingerprint density at radius 1 is 1.22 bits per heavy atom. The van der Waals surface area contributed by atoms with Crippen LogP contribution in [0.15, 0.2) is 41.4 Å². The van der Waals surface area contributed by atoms with Gasteiger partial charge in [-0.15, -0.1) is 0 Å². The molecule has 0 radical (unpaired) electrons. The van der Waals surface area contributed by atoms with Crippen LogP contribution in [-0.4, -0.2) is 48.4 Å². The molecule has 0 aliphatic rings. The van der Waals surface area contributed by atoms with Gasteiger partial charge in [0.25, 0.3) is 5.91 Å². The highest BCUT2D eigenvalue weighted by atomic mass is 32.2. The molecule has 8 nitrogen and oxygen atoms in total. The number of aryl methyl sites for hydroxylation is 1. The van der Waals surface area contributed by atoms with Crippen molar-refractivity contribution < 1.29 is 27.5 Å². The third-order valence-electron chi connectivity index (χ3n) is 4.20. The van der Waals surface area contributed by atoms with Gasteiger partial charge < -0.3 is 15.0 Å². The standard InChI is InChI=1S/C17H20FN3O5S/c1-17(16(23)24,11-5-7-12(18)8-6-11)19-15(22)14-9-13(10-21(14)4)27(25,26)20(2)3/h5-10H,1-4H3,(H,19,22)(H,23,24). The van der Waals surface area contributed by atoms with E-state index >= 15 is 0 Å². The number of carboxylic acids is 1. The molecule has 0 aliphatic heterocycles. The minimum absolute atomic E-state index is 0.0370. The Morgan fingerprint density at radius 3 is 2.26 bits per heavy atom. The number of carbonyl (C=O) groups is 2. The Bertz CT molecular complexity index is 982. The van der Waals surface area contributed by atoms with Crippen LogP contribution in [0.1, 0.15) is 23.0 Å². The lowest BCUT2D eigenvalue weighted by atomic mass is 9.92. The van der Waals surface area contributed by atoms with Crippen molar-refractivity contribution in [2.45, 2.75) is 17.4 Å². The number of nitrogens with one attached hydrogen (secondary N) is 1. The molecule has 146 valence electrons. The fourth-order valence-electron chi connectivity index (χ4n) is 2.44. The number of halogens is 1. The minimum atomic E-state index is -3.75. The maximum absolute atomic E-state index is 13.1. The second-order valence-electron chi connectivity index (χ2n) is 6.35. The average Bonchev–Trinajstić information content (AvgIpc) is 2.97. The van der Waals surface area contributed by atoms with E-state index in [0.717, 1.165) is 22.5 Å². The molecule has 1 atom stereocenters. The Balaban J connectivity index is 2.41. The lowest BCUT2D eigenvalue weighted by Crippen LogP contribution is -2.49. The van der Waals surface area contributed by atoms with Gasteiger partial charge in [-0.25, -0.2) is 21.9 Å². The first-order chi connectivity index (χ1) is 12.4. The number of amides is 1. The van der Waals surface area contributed by atoms with Gasteiger partial charge >= 0.3 is 5.97 Å². The quantitative estimate of drug-likeness (QED) is 0.760. The van der Waals surface area contributed by atoms with Gasteiger partial charge in [-0.1, -0.05) is 12.1 Å². The third kappa shape index (κ3) is 3.86. The SMILES string of the molecule is CN(C)S(=O)(=O)c1cc(C(=O)NC(C)(C(=O)O)c2ccc(F)cc2)n(C)c1. The highest BCUT2D eigenvalue weighted by molar-refractivity contribution is 7.89. The largest absolute Gasteiger partial charge is 0.479 e. The van der Waals surface area contributed by atoms with Gasteiger partial charge in [0.05, 0.1) is 0 Å². The highest BCUT2D eigenvalue weighted by Crippen LogP contribution is 2.23. The molecule has 1 aromatic carbocycles. The number of hydrogen-bond donors (Lipinski definition) is 2. The summed E-state index contributed by atoms with van der Waals surface area (Å²) in [4.78, 5) is 24.4. The number of carboxylic acid groups (broad SMARTS) is 1. The number of sulfonamides is 1. The zero-order valence-electron chi connectivity index (χ0n) is 15.2. The van der Waals surface area contributed by atoms with Crippen molar-refractivity contribution in [2.24, 2.45) is 7.05 Å². The van der Waals surface area contributed by atoms with Crippen molar-refractivity contribution in [2.75, 3.05) is 14.1 Å². The smallest absolute Gasteiger partial charge is 0.333 e. The van der Waals surface area contributed by atoms with Gasteiger partial charge in [0.1, 0.15) is 16.4 Å². The van der Waals surface area contributed by atoms with E-state index in [1.165, 1.54) is 51.0 Å². The topological polar surface area (TPSA) is 109 Å². The molecule has 2 rings (SSSR count). The zero-order valence-corrected chi connectivity index (χ0v) is 16.0. The van der Waals surface area contributed by atoms with Crippen molar-refractivity contribution in [3.05, 3.63) is 53.6 Å². The fraction of sp³-hybridized carbons (Fsp3) is 0.294. The first kappa shape index (κ1) is 20.6. The van der Waals surface area contributed by atoms with E-state index in [-0.39, 0.29) is 16.2 Å². The summed E-state index contributed by atoms with van der Waals surface area (Å²) in [6, 6.07) is 5.87. The number of nitrogens with zero attached hydrogens (tertiary/aromatic N) is 2. The van der Waals surface area contributed by atoms with Gasteiger partial charge in [-0.2, -0.15) is 0 Å². The van der Waals surface area contributed by atoms with E-state index in [0.29, 0.717) is 0 Å². The Labute approximate surface area is 156 Å². The molecule has 0 fully saturated rings. The normalized spacial score (nSPS) is 14.0. The van der Waals surface area contributed by atoms with Crippen molar-refractivity contribution in [1.82, 2.24) is 14.2 Å². The number of benzene rings is 1. The second kappa shape index (κ2) is 7.12. The van der Waals surface area contributed by atoms with Gasteiger partial charge in [-0.3, -0.25) is 4.79 Å². The van der Waals surface area contributed by atoms with E-state index in [4.69, 9.17) is 0 Å². The number of rotatable bonds is 6. The molecule has 0 saturated carbocycles. The number of carbonyl (C=O) groups excluding carboxylic acids is 1. The van der Waals surface area contributed by atoms with Crippen LogP contribution in [0.2, 0.25) is 0 Å². The van der Waals surface area contributed by atoms with Crippen LogP contribution in [0.3, 0.4) is 0 Å². The Morgan fingerprint density at radius 2 is 1.78 bits per heavy atom. The molecule has 2 aromatic rings. The maximum Gasteiger partial charge on any atom is 0.333 e. The summed E-state index contributed by atoms with van der Waals surface area (Å²) >= 11 is 0. The van der Waals surface area contributed by atoms with Crippen molar-refractivity contribution >= 4 is 21.9 Å². The Kier molecular flexibility index (Phi) is 5.43. The van der Waals surface area contributed by atoms with Crippen molar-refractivity contribution in [1.29, 1.82) is 0 Å². The molecule has 0 saturated heterocycles. The molecule has 1 heterocycles. The van der Waals surface area contributed by atoms with Crippen LogP contribution in [0.25, 0.3) is 0 Å². The predicted octanol–water partition coefficient (Wildman–Crippen LogP) is 1.14. The summed E-state index contributed by atoms with van der Waals surface area (Å²) in [6.07, 6.45) is 1.26. The molecule has 27 heavy (non-hydrogen) atoms. The molecule has 10 heteroatoms. The fourth-order valence-corrected chi connectivity index (χ4v) is 3.41. The second-order valence-corrected chi connectivity index (χ2v) is 8.50. The summed E-state index contributed by atoms with van der Waals surface area (Å²) in [5.41, 5.74) is -1.71. The van der Waals surface area contributed by atoms with Crippen molar-refractivity contribution in [3.8, 4) is 0 Å². The molecule has 1 amide bonds. The molecule has 2 N–H and O–H groups in total. The monoisotopic (exact) mass is 397 g/mol. The van der Waals surface area contributed by atoms with E-state index in [1.807, 2.05) is 0 Å². The predicted molar refractivity (Wildman–Crippen MR) is 95.1 cm³/mol. The Hall–Kier alpha value is -2.72. The van der Waals surface area contributed by atoms with Gasteiger partial charge in [-0.05, 0) is 30.7 Å². The van der Waals surface area contributed by atoms with Crippen molar-refractivity contribution in [3.63, 3.8) is 0 Å². The van der Waals surface area contributed by atoms with E-state index in [9.17, 15) is 27.5 Å². The van der Waals surface area contributed by atoms with E-state index in [1.54, 1.807) is 0 Å². The summed E-state index contributed by atoms with van der Waals surface area (Å²) in [5.74, 6) is -2.68. The minimum Gasteiger partial charge on any atom is -0.479 e. The van der Waals surface area contributed by atoms with E-state index < -0.39 is 33.3 Å². The molecular formula is C17H20FN3O5S. The number of aliphatic carboxylic acids is 1. The van der Waals surface area contributed by atoms with Crippen LogP contribution in [0.5, 0.6) is 0 Å². The van der Waals surface area contributed by atoms with E-state index in [2.05, 4.69) is 5.32 Å². The molecule has 1 unspecified atom stereocenters. The van der Waals surface area contributed by atoms with Crippen LogP contribution in [0, 0.1) is 5.82 Å². The summed E-state index contributed by atoms with van der Waals surface area (Å²) < 4.78 is 39.9. The molecule has 0 aliphatic carbocycles. The summed E-state index contributed by atoms with van der Waals surface area (Å²) in [6.45, 7) is 1.26. The van der Waals surface area contributed by atoms with Crippen LogP contribution >= 0.6 is 0 Å². The number of hydrogen-bond acceptors (Lipinski definition) is 4. The first-order valence-corrected chi connectivity index (χ1v) is 9.24. The molecular weight excluding hydrogens is 377 g/mol. The maximum atomic E-state index is 13.1. The van der Waals surface area contributed by atoms with Gasteiger partial charge in [0.2, 0.25) is 10.0 Å². The lowest BCUT2D eigenvalue weighted by Gasteiger charge is -2.26.